The summed E-state index contributed by atoms with van der Waals surface area (Å²) in [6, 6.07) is 13.8. The SMILES string of the molecule is CCCN(CC(=O)Nc1cc(Cl)ccc1Cl)C(=O)COc1ccccc1. The Kier molecular flexibility index (Phi) is 7.75. The second-order valence-corrected chi connectivity index (χ2v) is 6.43. The average molecular weight is 395 g/mol. The highest BCUT2D eigenvalue weighted by Gasteiger charge is 2.18. The van der Waals surface area contributed by atoms with E-state index in [4.69, 9.17) is 27.9 Å². The summed E-state index contributed by atoms with van der Waals surface area (Å²) in [4.78, 5) is 26.1. The number of carbonyl (C=O) groups excluding carboxylic acids is 2. The number of hydrogen-bond donors (Lipinski definition) is 1. The molecule has 2 aromatic rings. The molecule has 0 radical (unpaired) electrons. The number of amides is 2. The molecule has 0 aliphatic rings. The molecule has 0 unspecified atom stereocenters. The number of nitrogens with one attached hydrogen (secondary N) is 1. The van der Waals surface area contributed by atoms with Crippen molar-refractivity contribution >= 4 is 40.7 Å². The van der Waals surface area contributed by atoms with Crippen molar-refractivity contribution in [3.05, 3.63) is 58.6 Å². The molecule has 5 nitrogen and oxygen atoms in total. The Bertz CT molecular complexity index is 754. The van der Waals surface area contributed by atoms with Crippen molar-refractivity contribution in [3.63, 3.8) is 0 Å². The molecule has 2 rings (SSSR count). The highest BCUT2D eigenvalue weighted by molar-refractivity contribution is 6.35. The molecule has 0 aromatic heterocycles. The van der Waals surface area contributed by atoms with Gasteiger partial charge in [0, 0.05) is 11.6 Å². The third-order valence-electron chi connectivity index (χ3n) is 3.49. The normalized spacial score (nSPS) is 10.3. The minimum absolute atomic E-state index is 0.0896. The Morgan fingerprint density at radius 1 is 1.12 bits per heavy atom. The summed E-state index contributed by atoms with van der Waals surface area (Å²) in [7, 11) is 0. The molecule has 7 heteroatoms. The monoisotopic (exact) mass is 394 g/mol. The van der Waals surface area contributed by atoms with Crippen LogP contribution in [0, 0.1) is 0 Å². The minimum Gasteiger partial charge on any atom is -0.484 e. The lowest BCUT2D eigenvalue weighted by molar-refractivity contribution is -0.136. The molecule has 138 valence electrons. The third-order valence-corrected chi connectivity index (χ3v) is 4.05. The Morgan fingerprint density at radius 2 is 1.85 bits per heavy atom. The topological polar surface area (TPSA) is 58.6 Å². The van der Waals surface area contributed by atoms with E-state index in [-0.39, 0.29) is 25.0 Å². The van der Waals surface area contributed by atoms with E-state index in [0.717, 1.165) is 6.42 Å². The Hall–Kier alpha value is -2.24. The molecular weight excluding hydrogens is 375 g/mol. The van der Waals surface area contributed by atoms with E-state index >= 15 is 0 Å². The van der Waals surface area contributed by atoms with Gasteiger partial charge in [-0.15, -0.1) is 0 Å². The Labute approximate surface area is 162 Å². The predicted molar refractivity (Wildman–Crippen MR) is 104 cm³/mol. The fourth-order valence-corrected chi connectivity index (χ4v) is 2.61. The molecule has 0 aliphatic heterocycles. The van der Waals surface area contributed by atoms with E-state index < -0.39 is 0 Å². The van der Waals surface area contributed by atoms with E-state index in [1.165, 1.54) is 4.90 Å². The Balaban J connectivity index is 1.94. The smallest absolute Gasteiger partial charge is 0.260 e. The van der Waals surface area contributed by atoms with Gasteiger partial charge < -0.3 is 15.0 Å². The van der Waals surface area contributed by atoms with Gasteiger partial charge in [-0.3, -0.25) is 9.59 Å². The number of ether oxygens (including phenoxy) is 1. The quantitative estimate of drug-likeness (QED) is 0.727. The zero-order valence-corrected chi connectivity index (χ0v) is 15.9. The van der Waals surface area contributed by atoms with Gasteiger partial charge in [-0.1, -0.05) is 48.3 Å². The molecule has 2 amide bonds. The van der Waals surface area contributed by atoms with Gasteiger partial charge in [0.05, 0.1) is 17.3 Å². The number of para-hydroxylation sites is 1. The van der Waals surface area contributed by atoms with Gasteiger partial charge in [0.25, 0.3) is 5.91 Å². The van der Waals surface area contributed by atoms with Gasteiger partial charge >= 0.3 is 0 Å². The highest BCUT2D eigenvalue weighted by atomic mass is 35.5. The number of benzene rings is 2. The number of carbonyl (C=O) groups is 2. The summed E-state index contributed by atoms with van der Waals surface area (Å²) in [5.74, 6) is -0.00817. The van der Waals surface area contributed by atoms with E-state index in [0.29, 0.717) is 28.0 Å². The lowest BCUT2D eigenvalue weighted by Crippen LogP contribution is -2.41. The van der Waals surface area contributed by atoms with Crippen LogP contribution in [0.4, 0.5) is 5.69 Å². The van der Waals surface area contributed by atoms with Crippen LogP contribution in [-0.2, 0) is 9.59 Å². The first-order valence-electron chi connectivity index (χ1n) is 8.20. The molecule has 0 saturated heterocycles. The van der Waals surface area contributed by atoms with Crippen molar-refractivity contribution < 1.29 is 14.3 Å². The van der Waals surface area contributed by atoms with Crippen LogP contribution in [0.5, 0.6) is 5.75 Å². The van der Waals surface area contributed by atoms with Crippen molar-refractivity contribution in [2.45, 2.75) is 13.3 Å². The summed E-state index contributed by atoms with van der Waals surface area (Å²) >= 11 is 12.0. The lowest BCUT2D eigenvalue weighted by Gasteiger charge is -2.22. The lowest BCUT2D eigenvalue weighted by atomic mass is 10.3. The Morgan fingerprint density at radius 3 is 2.54 bits per heavy atom. The molecule has 0 aliphatic carbocycles. The van der Waals surface area contributed by atoms with Crippen LogP contribution in [-0.4, -0.2) is 36.4 Å². The average Bonchev–Trinajstić information content (AvgIpc) is 2.63. The van der Waals surface area contributed by atoms with E-state index in [2.05, 4.69) is 5.32 Å². The summed E-state index contributed by atoms with van der Waals surface area (Å²) in [5, 5.41) is 3.52. The van der Waals surface area contributed by atoms with E-state index in [9.17, 15) is 9.59 Å². The number of anilines is 1. The van der Waals surface area contributed by atoms with Crippen molar-refractivity contribution in [2.24, 2.45) is 0 Å². The molecule has 0 heterocycles. The van der Waals surface area contributed by atoms with Crippen LogP contribution in [0.25, 0.3) is 0 Å². The van der Waals surface area contributed by atoms with Gasteiger partial charge in [-0.2, -0.15) is 0 Å². The fourth-order valence-electron chi connectivity index (χ4n) is 2.27. The second kappa shape index (κ2) is 10.0. The van der Waals surface area contributed by atoms with E-state index in [1.807, 2.05) is 25.1 Å². The summed E-state index contributed by atoms with van der Waals surface area (Å²) in [5.41, 5.74) is 0.411. The van der Waals surface area contributed by atoms with Crippen molar-refractivity contribution in [1.29, 1.82) is 0 Å². The fraction of sp³-hybridized carbons (Fsp3) is 0.263. The first-order valence-corrected chi connectivity index (χ1v) is 8.95. The van der Waals surface area contributed by atoms with Crippen molar-refractivity contribution in [3.8, 4) is 5.75 Å². The van der Waals surface area contributed by atoms with Crippen LogP contribution in [0.3, 0.4) is 0 Å². The molecule has 0 atom stereocenters. The van der Waals surface area contributed by atoms with Crippen LogP contribution >= 0.6 is 23.2 Å². The summed E-state index contributed by atoms with van der Waals surface area (Å²) in [6.07, 6.45) is 0.724. The van der Waals surface area contributed by atoms with Gasteiger partial charge in [0.2, 0.25) is 5.91 Å². The van der Waals surface area contributed by atoms with Crippen LogP contribution in [0.15, 0.2) is 48.5 Å². The highest BCUT2D eigenvalue weighted by Crippen LogP contribution is 2.25. The summed E-state index contributed by atoms with van der Waals surface area (Å²) < 4.78 is 5.47. The largest absolute Gasteiger partial charge is 0.484 e. The third kappa shape index (κ3) is 6.24. The van der Waals surface area contributed by atoms with Gasteiger partial charge in [0.1, 0.15) is 5.75 Å². The minimum atomic E-state index is -0.351. The zero-order chi connectivity index (χ0) is 18.9. The molecule has 26 heavy (non-hydrogen) atoms. The molecule has 1 N–H and O–H groups in total. The molecular formula is C19H20Cl2N2O3. The van der Waals surface area contributed by atoms with Crippen molar-refractivity contribution in [1.82, 2.24) is 4.90 Å². The predicted octanol–water partition coefficient (Wildman–Crippen LogP) is 4.25. The van der Waals surface area contributed by atoms with Crippen LogP contribution in [0.2, 0.25) is 10.0 Å². The van der Waals surface area contributed by atoms with Crippen LogP contribution < -0.4 is 10.1 Å². The van der Waals surface area contributed by atoms with Gasteiger partial charge in [0.15, 0.2) is 6.61 Å². The molecule has 0 bridgehead atoms. The number of hydrogen-bond acceptors (Lipinski definition) is 3. The van der Waals surface area contributed by atoms with Crippen molar-refractivity contribution in [2.75, 3.05) is 25.0 Å². The second-order valence-electron chi connectivity index (χ2n) is 5.59. The first kappa shape index (κ1) is 20.1. The maximum absolute atomic E-state index is 12.4. The molecule has 0 fully saturated rings. The van der Waals surface area contributed by atoms with Crippen LogP contribution in [0.1, 0.15) is 13.3 Å². The summed E-state index contributed by atoms with van der Waals surface area (Å²) in [6.45, 7) is 2.17. The molecule has 0 saturated carbocycles. The first-order chi connectivity index (χ1) is 12.5. The maximum atomic E-state index is 12.4. The number of rotatable bonds is 8. The number of nitrogens with zero attached hydrogens (tertiary/aromatic N) is 1. The molecule has 2 aromatic carbocycles. The van der Waals surface area contributed by atoms with Gasteiger partial charge in [-0.25, -0.2) is 0 Å². The number of halogens is 2. The maximum Gasteiger partial charge on any atom is 0.260 e. The molecule has 0 spiro atoms. The van der Waals surface area contributed by atoms with E-state index in [1.54, 1.807) is 30.3 Å². The van der Waals surface area contributed by atoms with Gasteiger partial charge in [-0.05, 0) is 36.8 Å². The zero-order valence-electron chi connectivity index (χ0n) is 14.4. The standard InChI is InChI=1S/C19H20Cl2N2O3/c1-2-10-23(19(25)13-26-15-6-4-3-5-7-15)12-18(24)22-17-11-14(20)8-9-16(17)21/h3-9,11H,2,10,12-13H2,1H3,(H,22,24).